The average molecular weight is 535 g/mol. The first-order valence-corrected chi connectivity index (χ1v) is 13.2. The largest absolute Gasteiger partial charge is 0.355 e. The molecule has 0 aromatic heterocycles. The Morgan fingerprint density at radius 1 is 1.00 bits per heavy atom. The summed E-state index contributed by atoms with van der Waals surface area (Å²) in [6.45, 7) is 3.45. The van der Waals surface area contributed by atoms with Crippen LogP contribution in [0.15, 0.2) is 42.5 Å². The maximum absolute atomic E-state index is 13.5. The highest BCUT2D eigenvalue weighted by molar-refractivity contribution is 7.92. The van der Waals surface area contributed by atoms with Crippen LogP contribution >= 0.6 is 34.8 Å². The van der Waals surface area contributed by atoms with Gasteiger partial charge in [0, 0.05) is 18.1 Å². The smallest absolute Gasteiger partial charge is 0.244 e. The number of carbonyl (C=O) groups excluding carboxylic acids is 2. The van der Waals surface area contributed by atoms with Crippen molar-refractivity contribution in [3.8, 4) is 0 Å². The van der Waals surface area contributed by atoms with Gasteiger partial charge in [-0.25, -0.2) is 8.42 Å². The highest BCUT2D eigenvalue weighted by Gasteiger charge is 2.32. The minimum absolute atomic E-state index is 0.0348. The molecular weight excluding hydrogens is 509 g/mol. The maximum atomic E-state index is 13.5. The Bertz CT molecular complexity index is 1110. The summed E-state index contributed by atoms with van der Waals surface area (Å²) in [5.41, 5.74) is 0.819. The predicted octanol–water partition coefficient (Wildman–Crippen LogP) is 4.36. The molecule has 0 aliphatic carbocycles. The maximum Gasteiger partial charge on any atom is 0.244 e. The number of hydrogen-bond acceptors (Lipinski definition) is 4. The molecule has 0 heterocycles. The summed E-state index contributed by atoms with van der Waals surface area (Å²) in [7, 11) is -3.86. The van der Waals surface area contributed by atoms with Crippen LogP contribution in [0.4, 0.5) is 5.69 Å². The van der Waals surface area contributed by atoms with Gasteiger partial charge in [0.25, 0.3) is 0 Å². The Balaban J connectivity index is 2.47. The summed E-state index contributed by atoms with van der Waals surface area (Å²) < 4.78 is 26.0. The first kappa shape index (κ1) is 27.2. The number of likely N-dealkylation sites (N-methyl/N-ethyl adjacent to an activating group) is 1. The monoisotopic (exact) mass is 533 g/mol. The zero-order valence-electron chi connectivity index (χ0n) is 18.5. The van der Waals surface area contributed by atoms with Crippen molar-refractivity contribution >= 4 is 62.3 Å². The zero-order chi connectivity index (χ0) is 24.8. The van der Waals surface area contributed by atoms with E-state index in [2.05, 4.69) is 5.32 Å². The molecule has 2 aromatic rings. The molecule has 0 bridgehead atoms. The van der Waals surface area contributed by atoms with Crippen molar-refractivity contribution in [2.24, 2.45) is 0 Å². The van der Waals surface area contributed by atoms with E-state index < -0.39 is 28.5 Å². The quantitative estimate of drug-likeness (QED) is 0.491. The number of hydrogen-bond donors (Lipinski definition) is 1. The molecule has 2 aromatic carbocycles. The molecule has 0 saturated carbocycles. The van der Waals surface area contributed by atoms with Crippen molar-refractivity contribution in [1.82, 2.24) is 10.2 Å². The molecule has 2 amide bonds. The summed E-state index contributed by atoms with van der Waals surface area (Å²) in [6, 6.07) is 10.4. The van der Waals surface area contributed by atoms with Crippen molar-refractivity contribution in [2.75, 3.05) is 23.7 Å². The van der Waals surface area contributed by atoms with Crippen LogP contribution in [0.5, 0.6) is 0 Å². The summed E-state index contributed by atoms with van der Waals surface area (Å²) in [6.07, 6.45) is 1.32. The molecule has 0 aliphatic rings. The third-order valence-corrected chi connectivity index (χ3v) is 7.15. The topological polar surface area (TPSA) is 86.8 Å². The van der Waals surface area contributed by atoms with Gasteiger partial charge in [-0.3, -0.25) is 13.9 Å². The molecule has 0 spiro atoms. The van der Waals surface area contributed by atoms with E-state index in [1.54, 1.807) is 38.1 Å². The van der Waals surface area contributed by atoms with Gasteiger partial charge in [0.15, 0.2) is 0 Å². The van der Waals surface area contributed by atoms with Crippen molar-refractivity contribution in [3.05, 3.63) is 63.1 Å². The molecule has 33 heavy (non-hydrogen) atoms. The van der Waals surface area contributed by atoms with Crippen molar-refractivity contribution in [3.63, 3.8) is 0 Å². The van der Waals surface area contributed by atoms with E-state index in [4.69, 9.17) is 34.8 Å². The van der Waals surface area contributed by atoms with Crippen LogP contribution in [-0.4, -0.2) is 50.5 Å². The second-order valence-corrected chi connectivity index (χ2v) is 10.4. The van der Waals surface area contributed by atoms with E-state index >= 15 is 0 Å². The lowest BCUT2D eigenvalue weighted by atomic mass is 10.1. The van der Waals surface area contributed by atoms with Gasteiger partial charge in [-0.15, -0.1) is 0 Å². The number of sulfonamides is 1. The minimum atomic E-state index is -3.86. The molecule has 0 saturated heterocycles. The number of benzene rings is 2. The van der Waals surface area contributed by atoms with Gasteiger partial charge < -0.3 is 10.2 Å². The summed E-state index contributed by atoms with van der Waals surface area (Å²) >= 11 is 18.3. The van der Waals surface area contributed by atoms with E-state index in [9.17, 15) is 18.0 Å². The van der Waals surface area contributed by atoms with E-state index in [0.717, 1.165) is 10.6 Å². The lowest BCUT2D eigenvalue weighted by Crippen LogP contribution is -2.52. The fourth-order valence-corrected chi connectivity index (χ4v) is 4.60. The summed E-state index contributed by atoms with van der Waals surface area (Å²) in [4.78, 5) is 27.6. The lowest BCUT2D eigenvalue weighted by molar-refractivity contribution is -0.140. The normalized spacial score (nSPS) is 12.2. The van der Waals surface area contributed by atoms with Crippen LogP contribution in [-0.2, 0) is 26.2 Å². The predicted molar refractivity (Wildman–Crippen MR) is 133 cm³/mol. The van der Waals surface area contributed by atoms with Crippen LogP contribution in [0.25, 0.3) is 0 Å². The Morgan fingerprint density at radius 3 is 2.21 bits per heavy atom. The minimum Gasteiger partial charge on any atom is -0.355 e. The van der Waals surface area contributed by atoms with Gasteiger partial charge in [-0.2, -0.15) is 0 Å². The Hall–Kier alpha value is -2.00. The number of nitrogens with zero attached hydrogens (tertiary/aromatic N) is 2. The third kappa shape index (κ3) is 7.24. The van der Waals surface area contributed by atoms with Crippen LogP contribution < -0.4 is 9.62 Å². The van der Waals surface area contributed by atoms with Crippen molar-refractivity contribution in [2.45, 2.75) is 32.9 Å². The van der Waals surface area contributed by atoms with E-state index in [1.165, 1.54) is 23.1 Å². The fourth-order valence-electron chi connectivity index (χ4n) is 3.28. The second-order valence-electron chi connectivity index (χ2n) is 7.30. The van der Waals surface area contributed by atoms with Crippen LogP contribution in [0.2, 0.25) is 15.1 Å². The fraction of sp³-hybridized carbons (Fsp3) is 0.364. The molecule has 0 fully saturated rings. The number of carbonyl (C=O) groups is 2. The Kier molecular flexibility index (Phi) is 9.84. The standard InChI is InChI=1S/C22H26Cl3N3O4S/c1-4-20(22(30)26-5-2)27(13-15-8-6-7-9-17(15)23)21(29)14-28(33(3,31)32)16-10-11-18(24)19(25)12-16/h6-12,20H,4-5,13-14H2,1-3H3,(H,26,30). The Labute approximate surface area is 209 Å². The molecule has 11 heteroatoms. The highest BCUT2D eigenvalue weighted by atomic mass is 35.5. The molecule has 0 radical (unpaired) electrons. The SMILES string of the molecule is CCNC(=O)C(CC)N(Cc1ccccc1Cl)C(=O)CN(c1ccc(Cl)c(Cl)c1)S(C)(=O)=O. The highest BCUT2D eigenvalue weighted by Crippen LogP contribution is 2.29. The second kappa shape index (κ2) is 11.9. The van der Waals surface area contributed by atoms with Crippen molar-refractivity contribution < 1.29 is 18.0 Å². The molecule has 2 rings (SSSR count). The molecule has 7 nitrogen and oxygen atoms in total. The molecule has 1 unspecified atom stereocenters. The van der Waals surface area contributed by atoms with Crippen molar-refractivity contribution in [1.29, 1.82) is 0 Å². The van der Waals surface area contributed by atoms with Crippen LogP contribution in [0.1, 0.15) is 25.8 Å². The van der Waals surface area contributed by atoms with E-state index in [-0.39, 0.29) is 28.2 Å². The first-order chi connectivity index (χ1) is 15.5. The van der Waals surface area contributed by atoms with Gasteiger partial charge in [0.2, 0.25) is 21.8 Å². The third-order valence-electron chi connectivity index (χ3n) is 4.91. The first-order valence-electron chi connectivity index (χ1n) is 10.2. The number of anilines is 1. The molecule has 1 atom stereocenters. The summed E-state index contributed by atoms with van der Waals surface area (Å²) in [5.74, 6) is -0.898. The lowest BCUT2D eigenvalue weighted by Gasteiger charge is -2.33. The number of halogens is 3. The molecule has 180 valence electrons. The van der Waals surface area contributed by atoms with Gasteiger partial charge >= 0.3 is 0 Å². The van der Waals surface area contributed by atoms with Gasteiger partial charge in [-0.05, 0) is 43.2 Å². The van der Waals surface area contributed by atoms with Gasteiger partial charge in [-0.1, -0.05) is 59.9 Å². The molecule has 1 N–H and O–H groups in total. The molecule has 0 aliphatic heterocycles. The number of amides is 2. The van der Waals surface area contributed by atoms with E-state index in [1.807, 2.05) is 0 Å². The van der Waals surface area contributed by atoms with Crippen LogP contribution in [0, 0.1) is 0 Å². The number of rotatable bonds is 10. The Morgan fingerprint density at radius 2 is 1.67 bits per heavy atom. The number of nitrogens with one attached hydrogen (secondary N) is 1. The van der Waals surface area contributed by atoms with Gasteiger partial charge in [0.05, 0.1) is 22.0 Å². The summed E-state index contributed by atoms with van der Waals surface area (Å²) in [5, 5.41) is 3.57. The van der Waals surface area contributed by atoms with E-state index in [0.29, 0.717) is 23.6 Å². The average Bonchev–Trinajstić information content (AvgIpc) is 2.74. The molecular formula is C22H26Cl3N3O4S. The van der Waals surface area contributed by atoms with Crippen LogP contribution in [0.3, 0.4) is 0 Å². The zero-order valence-corrected chi connectivity index (χ0v) is 21.6. The van der Waals surface area contributed by atoms with Gasteiger partial charge in [0.1, 0.15) is 12.6 Å².